The van der Waals surface area contributed by atoms with Crippen LogP contribution in [0.4, 0.5) is 0 Å². The summed E-state index contributed by atoms with van der Waals surface area (Å²) in [7, 11) is 0. The van der Waals surface area contributed by atoms with Gasteiger partial charge in [-0.3, -0.25) is 0 Å². The largest absolute Gasteiger partial charge is 0.494 e. The van der Waals surface area contributed by atoms with Crippen molar-refractivity contribution in [2.45, 2.75) is 39.0 Å². The van der Waals surface area contributed by atoms with Crippen molar-refractivity contribution in [2.75, 3.05) is 19.8 Å². The molecule has 2 heterocycles. The van der Waals surface area contributed by atoms with Gasteiger partial charge < -0.3 is 19.5 Å². The maximum atomic E-state index is 5.82. The molecule has 2 aliphatic rings. The number of nitrogens with one attached hydrogen (secondary N) is 1. The third-order valence-electron chi connectivity index (χ3n) is 3.60. The van der Waals surface area contributed by atoms with Crippen molar-refractivity contribution in [3.8, 4) is 11.5 Å². The molecule has 1 aromatic rings. The molecule has 1 atom stereocenters. The van der Waals surface area contributed by atoms with Crippen LogP contribution in [0.5, 0.6) is 11.5 Å². The average molecular weight is 263 g/mol. The second-order valence-corrected chi connectivity index (χ2v) is 5.25. The van der Waals surface area contributed by atoms with Gasteiger partial charge in [-0.05, 0) is 26.0 Å². The van der Waals surface area contributed by atoms with Crippen LogP contribution in [0.1, 0.15) is 25.0 Å². The number of rotatable bonds is 5. The normalized spacial score (nSPS) is 21.7. The Labute approximate surface area is 114 Å². The molecule has 4 nitrogen and oxygen atoms in total. The summed E-state index contributed by atoms with van der Waals surface area (Å²) < 4.78 is 16.7. The Bertz CT molecular complexity index is 457. The Morgan fingerprint density at radius 1 is 1.37 bits per heavy atom. The number of hydrogen-bond acceptors (Lipinski definition) is 4. The zero-order valence-corrected chi connectivity index (χ0v) is 11.6. The van der Waals surface area contributed by atoms with Crippen molar-refractivity contribution in [1.29, 1.82) is 0 Å². The van der Waals surface area contributed by atoms with E-state index >= 15 is 0 Å². The van der Waals surface area contributed by atoms with Gasteiger partial charge in [-0.1, -0.05) is 0 Å². The van der Waals surface area contributed by atoms with E-state index in [2.05, 4.69) is 24.4 Å². The van der Waals surface area contributed by atoms with Crippen molar-refractivity contribution in [2.24, 2.45) is 0 Å². The van der Waals surface area contributed by atoms with E-state index in [1.807, 2.05) is 6.92 Å². The van der Waals surface area contributed by atoms with Crippen molar-refractivity contribution < 1.29 is 14.2 Å². The summed E-state index contributed by atoms with van der Waals surface area (Å²) >= 11 is 0. The van der Waals surface area contributed by atoms with Gasteiger partial charge in [0.25, 0.3) is 0 Å². The minimum Gasteiger partial charge on any atom is -0.494 e. The summed E-state index contributed by atoms with van der Waals surface area (Å²) in [5.74, 6) is 1.99. The van der Waals surface area contributed by atoms with E-state index < -0.39 is 0 Å². The molecule has 1 N–H and O–H groups in total. The Balaban J connectivity index is 1.77. The van der Waals surface area contributed by atoms with E-state index in [4.69, 9.17) is 14.2 Å². The van der Waals surface area contributed by atoms with E-state index in [0.29, 0.717) is 12.6 Å². The van der Waals surface area contributed by atoms with Crippen LogP contribution in [-0.4, -0.2) is 32.0 Å². The molecule has 4 heteroatoms. The van der Waals surface area contributed by atoms with Crippen molar-refractivity contribution in [3.05, 3.63) is 23.3 Å². The lowest BCUT2D eigenvalue weighted by molar-refractivity contribution is -0.00586. The lowest BCUT2D eigenvalue weighted by Crippen LogP contribution is -2.45. The van der Waals surface area contributed by atoms with Crippen LogP contribution in [0.3, 0.4) is 0 Å². The number of ether oxygens (including phenoxy) is 3. The highest BCUT2D eigenvalue weighted by atomic mass is 16.5. The molecule has 3 rings (SSSR count). The van der Waals surface area contributed by atoms with Crippen LogP contribution < -0.4 is 14.8 Å². The maximum absolute atomic E-state index is 5.82. The smallest absolute Gasteiger partial charge is 0.124 e. The van der Waals surface area contributed by atoms with E-state index in [-0.39, 0.29) is 6.10 Å². The molecule has 0 amide bonds. The van der Waals surface area contributed by atoms with Crippen LogP contribution in [0, 0.1) is 0 Å². The molecule has 2 aliphatic heterocycles. The second-order valence-electron chi connectivity index (χ2n) is 5.25. The summed E-state index contributed by atoms with van der Waals surface area (Å²) in [6, 6.07) is 4.73. The van der Waals surface area contributed by atoms with Gasteiger partial charge in [-0.2, -0.15) is 0 Å². The van der Waals surface area contributed by atoms with Crippen molar-refractivity contribution >= 4 is 0 Å². The fourth-order valence-electron chi connectivity index (χ4n) is 2.52. The molecule has 104 valence electrons. The summed E-state index contributed by atoms with van der Waals surface area (Å²) in [6.07, 6.45) is 1.24. The van der Waals surface area contributed by atoms with Crippen LogP contribution in [0.25, 0.3) is 0 Å². The highest BCUT2D eigenvalue weighted by Gasteiger charge is 2.23. The summed E-state index contributed by atoms with van der Waals surface area (Å²) in [5.41, 5.74) is 2.42. The van der Waals surface area contributed by atoms with Gasteiger partial charge >= 0.3 is 0 Å². The number of hydrogen-bond donors (Lipinski definition) is 1. The molecule has 0 aromatic heterocycles. The summed E-state index contributed by atoms with van der Waals surface area (Å²) in [4.78, 5) is 0. The van der Waals surface area contributed by atoms with Gasteiger partial charge in [0.1, 0.15) is 17.6 Å². The highest BCUT2D eigenvalue weighted by Crippen LogP contribution is 2.35. The van der Waals surface area contributed by atoms with Gasteiger partial charge in [-0.25, -0.2) is 0 Å². The van der Waals surface area contributed by atoms with Gasteiger partial charge in [0, 0.05) is 24.1 Å². The Morgan fingerprint density at radius 3 is 2.89 bits per heavy atom. The van der Waals surface area contributed by atoms with E-state index in [0.717, 1.165) is 37.7 Å². The quantitative estimate of drug-likeness (QED) is 0.880. The predicted octanol–water partition coefficient (Wildman–Crippen LogP) is 1.90. The maximum Gasteiger partial charge on any atom is 0.124 e. The van der Waals surface area contributed by atoms with E-state index in [9.17, 15) is 0 Å². The zero-order chi connectivity index (χ0) is 13.2. The zero-order valence-electron chi connectivity index (χ0n) is 11.6. The minimum atomic E-state index is 0.271. The molecular formula is C15H21NO3. The topological polar surface area (TPSA) is 39.7 Å². The molecule has 19 heavy (non-hydrogen) atoms. The molecular weight excluding hydrogens is 242 g/mol. The van der Waals surface area contributed by atoms with Crippen LogP contribution in [-0.2, 0) is 17.7 Å². The van der Waals surface area contributed by atoms with Crippen molar-refractivity contribution in [3.63, 3.8) is 0 Å². The fourth-order valence-corrected chi connectivity index (χ4v) is 2.52. The van der Waals surface area contributed by atoms with Crippen LogP contribution in [0.15, 0.2) is 12.1 Å². The number of benzene rings is 1. The van der Waals surface area contributed by atoms with Gasteiger partial charge in [0.05, 0.1) is 25.9 Å². The molecule has 0 saturated carbocycles. The SMILES string of the molecule is CCOc1cc2c(cc1CNC1COC1)OC(C)C2. The minimum absolute atomic E-state index is 0.271. The predicted molar refractivity (Wildman–Crippen MR) is 72.9 cm³/mol. The highest BCUT2D eigenvalue weighted by molar-refractivity contribution is 5.48. The first-order valence-corrected chi connectivity index (χ1v) is 7.02. The first-order valence-electron chi connectivity index (χ1n) is 7.02. The van der Waals surface area contributed by atoms with Crippen molar-refractivity contribution in [1.82, 2.24) is 5.32 Å². The Morgan fingerprint density at radius 2 is 2.21 bits per heavy atom. The molecule has 1 fully saturated rings. The van der Waals surface area contributed by atoms with Gasteiger partial charge in [0.2, 0.25) is 0 Å². The second kappa shape index (κ2) is 5.39. The monoisotopic (exact) mass is 263 g/mol. The summed E-state index contributed by atoms with van der Waals surface area (Å²) in [5, 5.41) is 3.48. The molecule has 0 radical (unpaired) electrons. The lowest BCUT2D eigenvalue weighted by Gasteiger charge is -2.27. The molecule has 1 aromatic carbocycles. The first-order chi connectivity index (χ1) is 9.26. The van der Waals surface area contributed by atoms with Crippen LogP contribution >= 0.6 is 0 Å². The molecule has 1 unspecified atom stereocenters. The number of fused-ring (bicyclic) bond motifs is 1. The van der Waals surface area contributed by atoms with E-state index in [1.54, 1.807) is 0 Å². The lowest BCUT2D eigenvalue weighted by atomic mass is 10.1. The van der Waals surface area contributed by atoms with Crippen LogP contribution in [0.2, 0.25) is 0 Å². The molecule has 0 aliphatic carbocycles. The molecule has 0 spiro atoms. The summed E-state index contributed by atoms with van der Waals surface area (Å²) in [6.45, 7) is 7.22. The third-order valence-corrected chi connectivity index (χ3v) is 3.60. The first kappa shape index (κ1) is 12.8. The molecule has 0 bridgehead atoms. The fraction of sp³-hybridized carbons (Fsp3) is 0.600. The van der Waals surface area contributed by atoms with Gasteiger partial charge in [0.15, 0.2) is 0 Å². The third kappa shape index (κ3) is 2.69. The Hall–Kier alpha value is -1.26. The molecule has 1 saturated heterocycles. The van der Waals surface area contributed by atoms with Gasteiger partial charge in [-0.15, -0.1) is 0 Å². The standard InChI is InChI=1S/C15H21NO3/c1-3-18-14-5-11-4-10(2)19-15(11)6-12(14)7-16-13-8-17-9-13/h5-6,10,13,16H,3-4,7-9H2,1-2H3. The van der Waals surface area contributed by atoms with E-state index in [1.165, 1.54) is 11.1 Å². The average Bonchev–Trinajstić information content (AvgIpc) is 2.67. The Kier molecular flexibility index (Phi) is 3.62.